The molecule has 1 aromatic rings. The molecule has 1 aromatic carbocycles. The summed E-state index contributed by atoms with van der Waals surface area (Å²) in [7, 11) is -4.13. The Balaban J connectivity index is 3.25. The van der Waals surface area contributed by atoms with Gasteiger partial charge in [0.05, 0.1) is 11.3 Å². The van der Waals surface area contributed by atoms with E-state index in [4.69, 9.17) is 5.11 Å². The van der Waals surface area contributed by atoms with Crippen LogP contribution >= 0.6 is 0 Å². The molecule has 0 amide bonds. The van der Waals surface area contributed by atoms with Crippen molar-refractivity contribution in [2.45, 2.75) is 0 Å². The van der Waals surface area contributed by atoms with Crippen LogP contribution in [0.4, 0.5) is 10.1 Å². The van der Waals surface area contributed by atoms with Gasteiger partial charge in [0, 0.05) is 0 Å². The monoisotopic (exact) mass is 234 g/mol. The maximum absolute atomic E-state index is 12.7. The molecule has 0 radical (unpaired) electrons. The van der Waals surface area contributed by atoms with Crippen molar-refractivity contribution >= 4 is 21.9 Å². The zero-order valence-electron chi connectivity index (χ0n) is 7.27. The van der Waals surface area contributed by atoms with Crippen molar-refractivity contribution in [1.82, 2.24) is 0 Å². The normalized spacial score (nSPS) is 11.1. The van der Waals surface area contributed by atoms with E-state index in [9.17, 15) is 17.6 Å². The number of aromatic carboxylic acids is 1. The lowest BCUT2D eigenvalue weighted by Gasteiger charge is -2.06. The van der Waals surface area contributed by atoms with E-state index in [0.717, 1.165) is 18.2 Å². The van der Waals surface area contributed by atoms with Gasteiger partial charge in [-0.3, -0.25) is 4.72 Å². The van der Waals surface area contributed by atoms with Crippen LogP contribution in [0.5, 0.6) is 0 Å². The molecule has 0 saturated heterocycles. The Hall–Kier alpha value is -1.67. The predicted octanol–water partition coefficient (Wildman–Crippen LogP) is 0.139. The van der Waals surface area contributed by atoms with Gasteiger partial charge >= 0.3 is 5.97 Å². The molecular weight excluding hydrogens is 227 g/mol. The lowest BCUT2D eigenvalue weighted by atomic mass is 10.2. The summed E-state index contributed by atoms with van der Waals surface area (Å²) >= 11 is 0. The van der Waals surface area contributed by atoms with E-state index >= 15 is 0 Å². The molecule has 0 atom stereocenters. The van der Waals surface area contributed by atoms with Crippen molar-refractivity contribution in [2.75, 3.05) is 4.72 Å². The molecule has 4 N–H and O–H groups in total. The van der Waals surface area contributed by atoms with Gasteiger partial charge < -0.3 is 5.11 Å². The van der Waals surface area contributed by atoms with Crippen LogP contribution < -0.4 is 9.86 Å². The number of nitrogens with one attached hydrogen (secondary N) is 1. The van der Waals surface area contributed by atoms with Gasteiger partial charge in [0.25, 0.3) is 10.2 Å². The number of carboxylic acid groups (broad SMARTS) is 1. The molecule has 0 unspecified atom stereocenters. The first-order valence-corrected chi connectivity index (χ1v) is 5.17. The van der Waals surface area contributed by atoms with E-state index < -0.39 is 27.7 Å². The number of anilines is 1. The number of halogens is 1. The van der Waals surface area contributed by atoms with Crippen LogP contribution in [0, 0.1) is 5.82 Å². The predicted molar refractivity (Wildman–Crippen MR) is 50.1 cm³/mol. The summed E-state index contributed by atoms with van der Waals surface area (Å²) < 4.78 is 35.7. The van der Waals surface area contributed by atoms with Gasteiger partial charge in [0.2, 0.25) is 0 Å². The van der Waals surface area contributed by atoms with Crippen LogP contribution in [0.2, 0.25) is 0 Å². The maximum Gasteiger partial charge on any atom is 0.337 e. The standard InChI is InChI=1S/C7H7FN2O4S/c8-4-1-2-5(7(11)12)6(3-4)10-15(9,13)14/h1-3,10H,(H,11,12)(H2,9,13,14). The topological polar surface area (TPSA) is 109 Å². The van der Waals surface area contributed by atoms with E-state index in [-0.39, 0.29) is 5.56 Å². The van der Waals surface area contributed by atoms with Gasteiger partial charge in [-0.15, -0.1) is 0 Å². The average molecular weight is 234 g/mol. The van der Waals surface area contributed by atoms with Crippen LogP contribution in [0.1, 0.15) is 10.4 Å². The van der Waals surface area contributed by atoms with E-state index in [1.807, 2.05) is 0 Å². The van der Waals surface area contributed by atoms with Crippen LogP contribution in [0.15, 0.2) is 18.2 Å². The summed E-state index contributed by atoms with van der Waals surface area (Å²) in [5.41, 5.74) is -0.796. The Morgan fingerprint density at radius 2 is 2.07 bits per heavy atom. The van der Waals surface area contributed by atoms with Crippen molar-refractivity contribution in [2.24, 2.45) is 5.14 Å². The number of carbonyl (C=O) groups is 1. The number of rotatable bonds is 3. The van der Waals surface area contributed by atoms with Gasteiger partial charge in [-0.2, -0.15) is 8.42 Å². The Morgan fingerprint density at radius 1 is 1.47 bits per heavy atom. The third kappa shape index (κ3) is 3.18. The summed E-state index contributed by atoms with van der Waals surface area (Å²) in [5.74, 6) is -2.16. The highest BCUT2D eigenvalue weighted by Gasteiger charge is 2.13. The molecule has 8 heteroatoms. The third-order valence-electron chi connectivity index (χ3n) is 1.46. The Bertz CT molecular complexity index is 500. The zero-order chi connectivity index (χ0) is 11.6. The molecule has 1 rings (SSSR count). The van der Waals surface area contributed by atoms with Crippen molar-refractivity contribution in [1.29, 1.82) is 0 Å². The van der Waals surface area contributed by atoms with Gasteiger partial charge in [0.1, 0.15) is 5.82 Å². The van der Waals surface area contributed by atoms with Crippen LogP contribution in [0.25, 0.3) is 0 Å². The van der Waals surface area contributed by atoms with Gasteiger partial charge in [-0.1, -0.05) is 0 Å². The second kappa shape index (κ2) is 3.83. The molecule has 0 bridgehead atoms. The minimum absolute atomic E-state index is 0.384. The van der Waals surface area contributed by atoms with Crippen molar-refractivity contribution in [3.63, 3.8) is 0 Å². The first kappa shape index (κ1) is 11.4. The summed E-state index contributed by atoms with van der Waals surface area (Å²) in [5, 5.41) is 13.3. The first-order chi connectivity index (χ1) is 6.79. The van der Waals surface area contributed by atoms with Gasteiger partial charge in [-0.05, 0) is 18.2 Å². The highest BCUT2D eigenvalue weighted by atomic mass is 32.2. The molecular formula is C7H7FN2O4S. The van der Waals surface area contributed by atoms with Crippen molar-refractivity contribution in [3.05, 3.63) is 29.6 Å². The quantitative estimate of drug-likeness (QED) is 0.690. The SMILES string of the molecule is NS(=O)(=O)Nc1cc(F)ccc1C(=O)O. The Labute approximate surface area is 84.7 Å². The molecule has 0 heterocycles. The largest absolute Gasteiger partial charge is 0.478 e. The second-order valence-corrected chi connectivity index (χ2v) is 3.94. The third-order valence-corrected chi connectivity index (χ3v) is 1.97. The van der Waals surface area contributed by atoms with Crippen molar-refractivity contribution in [3.8, 4) is 0 Å². The fourth-order valence-corrected chi connectivity index (χ4v) is 1.42. The molecule has 0 saturated carbocycles. The molecule has 82 valence electrons. The molecule has 0 aliphatic heterocycles. The molecule has 6 nitrogen and oxygen atoms in total. The lowest BCUT2D eigenvalue weighted by molar-refractivity contribution is 0.0698. The molecule has 0 aliphatic carbocycles. The number of nitrogens with two attached hydrogens (primary N) is 1. The Morgan fingerprint density at radius 3 is 2.53 bits per heavy atom. The highest BCUT2D eigenvalue weighted by Crippen LogP contribution is 2.17. The molecule has 0 aliphatic rings. The number of benzene rings is 1. The van der Waals surface area contributed by atoms with Gasteiger partial charge in [0.15, 0.2) is 0 Å². The number of hydrogen-bond acceptors (Lipinski definition) is 3. The molecule has 15 heavy (non-hydrogen) atoms. The summed E-state index contributed by atoms with van der Waals surface area (Å²) in [6.07, 6.45) is 0. The maximum atomic E-state index is 12.7. The Kier molecular flexibility index (Phi) is 2.91. The fraction of sp³-hybridized carbons (Fsp3) is 0. The van der Waals surface area contributed by atoms with E-state index in [1.54, 1.807) is 4.72 Å². The minimum atomic E-state index is -4.13. The van der Waals surface area contributed by atoms with E-state index in [2.05, 4.69) is 5.14 Å². The van der Waals surface area contributed by atoms with Gasteiger partial charge in [-0.25, -0.2) is 14.3 Å². The fourth-order valence-electron chi connectivity index (χ4n) is 0.941. The number of carboxylic acids is 1. The van der Waals surface area contributed by atoms with Crippen LogP contribution in [0.3, 0.4) is 0 Å². The summed E-state index contributed by atoms with van der Waals surface area (Å²) in [4.78, 5) is 10.6. The molecule has 0 spiro atoms. The summed E-state index contributed by atoms with van der Waals surface area (Å²) in [6.45, 7) is 0. The van der Waals surface area contributed by atoms with E-state index in [1.165, 1.54) is 0 Å². The second-order valence-electron chi connectivity index (χ2n) is 2.64. The summed E-state index contributed by atoms with van der Waals surface area (Å²) in [6, 6.07) is 2.57. The first-order valence-electron chi connectivity index (χ1n) is 3.63. The average Bonchev–Trinajstić information content (AvgIpc) is 1.99. The zero-order valence-corrected chi connectivity index (χ0v) is 8.08. The smallest absolute Gasteiger partial charge is 0.337 e. The highest BCUT2D eigenvalue weighted by molar-refractivity contribution is 7.90. The van der Waals surface area contributed by atoms with Crippen LogP contribution in [-0.4, -0.2) is 19.5 Å². The number of hydrogen-bond donors (Lipinski definition) is 3. The molecule has 0 fully saturated rings. The molecule has 0 aromatic heterocycles. The minimum Gasteiger partial charge on any atom is -0.478 e. The van der Waals surface area contributed by atoms with Crippen molar-refractivity contribution < 1.29 is 22.7 Å². The van der Waals surface area contributed by atoms with Crippen LogP contribution in [-0.2, 0) is 10.2 Å². The lowest BCUT2D eigenvalue weighted by Crippen LogP contribution is -2.23. The van der Waals surface area contributed by atoms with E-state index in [0.29, 0.717) is 0 Å².